The van der Waals surface area contributed by atoms with E-state index in [2.05, 4.69) is 5.32 Å². The lowest BCUT2D eigenvalue weighted by Gasteiger charge is -2.09. The quantitative estimate of drug-likeness (QED) is 0.847. The third-order valence-corrected chi connectivity index (χ3v) is 3.72. The molecular weight excluding hydrogens is 281 g/mol. The van der Waals surface area contributed by atoms with Crippen molar-refractivity contribution >= 4 is 15.7 Å². The Morgan fingerprint density at radius 2 is 1.74 bits per heavy atom. The zero-order valence-electron chi connectivity index (χ0n) is 10.3. The summed E-state index contributed by atoms with van der Waals surface area (Å²) in [5.74, 6) is 0. The lowest BCUT2D eigenvalue weighted by atomic mass is 10.3. The molecule has 1 aromatic carbocycles. The summed E-state index contributed by atoms with van der Waals surface area (Å²) in [5.41, 5.74) is 0.747. The molecule has 4 nitrogen and oxygen atoms in total. The average molecular weight is 296 g/mol. The first kappa shape index (κ1) is 15.8. The van der Waals surface area contributed by atoms with Crippen LogP contribution in [0.25, 0.3) is 0 Å². The molecule has 0 aliphatic rings. The molecule has 0 amide bonds. The van der Waals surface area contributed by atoms with Crippen LogP contribution >= 0.6 is 0 Å². The predicted molar refractivity (Wildman–Crippen MR) is 66.5 cm³/mol. The normalized spacial score (nSPS) is 12.4. The van der Waals surface area contributed by atoms with Gasteiger partial charge < -0.3 is 5.32 Å². The third kappa shape index (κ3) is 5.48. The van der Waals surface area contributed by atoms with E-state index in [4.69, 9.17) is 0 Å². The average Bonchev–Trinajstić information content (AvgIpc) is 2.28. The molecule has 0 atom stereocenters. The standard InChI is InChI=1S/C11H15F3N2O2S/c1-2-15-9-3-5-10(6-4-9)19(17,18)16-8-7-11(12,13)14/h3-6,15-16H,2,7-8H2,1H3. The van der Waals surface area contributed by atoms with Gasteiger partial charge in [-0.1, -0.05) is 0 Å². The smallest absolute Gasteiger partial charge is 0.385 e. The van der Waals surface area contributed by atoms with Crippen LogP contribution in [0.3, 0.4) is 0 Å². The highest BCUT2D eigenvalue weighted by atomic mass is 32.2. The molecule has 0 saturated heterocycles. The summed E-state index contributed by atoms with van der Waals surface area (Å²) >= 11 is 0. The van der Waals surface area contributed by atoms with Crippen molar-refractivity contribution in [3.05, 3.63) is 24.3 Å². The van der Waals surface area contributed by atoms with E-state index < -0.39 is 29.2 Å². The Balaban J connectivity index is 2.67. The Morgan fingerprint density at radius 1 is 1.16 bits per heavy atom. The second-order valence-electron chi connectivity index (χ2n) is 3.82. The van der Waals surface area contributed by atoms with Crippen molar-refractivity contribution in [3.63, 3.8) is 0 Å². The maximum atomic E-state index is 11.9. The van der Waals surface area contributed by atoms with E-state index in [1.165, 1.54) is 12.1 Å². The fourth-order valence-corrected chi connectivity index (χ4v) is 2.40. The number of sulfonamides is 1. The molecule has 19 heavy (non-hydrogen) atoms. The Hall–Kier alpha value is -1.28. The predicted octanol–water partition coefficient (Wildman–Crippen LogP) is 2.35. The zero-order valence-corrected chi connectivity index (χ0v) is 11.1. The summed E-state index contributed by atoms with van der Waals surface area (Å²) in [4.78, 5) is -0.0590. The lowest BCUT2D eigenvalue weighted by Crippen LogP contribution is -2.28. The van der Waals surface area contributed by atoms with Crippen molar-refractivity contribution in [2.24, 2.45) is 0 Å². The van der Waals surface area contributed by atoms with Crippen LogP contribution in [0.15, 0.2) is 29.2 Å². The van der Waals surface area contributed by atoms with Gasteiger partial charge in [-0.15, -0.1) is 0 Å². The molecule has 0 spiro atoms. The van der Waals surface area contributed by atoms with Crippen LogP contribution in [-0.4, -0.2) is 27.7 Å². The maximum Gasteiger partial charge on any atom is 0.390 e. The molecule has 108 valence electrons. The molecule has 0 bridgehead atoms. The van der Waals surface area contributed by atoms with E-state index >= 15 is 0 Å². The van der Waals surface area contributed by atoms with Crippen LogP contribution in [0.1, 0.15) is 13.3 Å². The van der Waals surface area contributed by atoms with Gasteiger partial charge in [0.25, 0.3) is 0 Å². The zero-order chi connectivity index (χ0) is 14.5. The highest BCUT2D eigenvalue weighted by Crippen LogP contribution is 2.19. The number of hydrogen-bond donors (Lipinski definition) is 2. The van der Waals surface area contributed by atoms with Gasteiger partial charge in [0.05, 0.1) is 11.3 Å². The largest absolute Gasteiger partial charge is 0.390 e. The van der Waals surface area contributed by atoms with Crippen molar-refractivity contribution in [1.29, 1.82) is 0 Å². The van der Waals surface area contributed by atoms with Gasteiger partial charge in [0.1, 0.15) is 0 Å². The first-order valence-electron chi connectivity index (χ1n) is 5.65. The van der Waals surface area contributed by atoms with E-state index in [0.717, 1.165) is 5.69 Å². The van der Waals surface area contributed by atoms with Crippen molar-refractivity contribution in [3.8, 4) is 0 Å². The van der Waals surface area contributed by atoms with Crippen LogP contribution in [-0.2, 0) is 10.0 Å². The molecule has 0 heterocycles. The van der Waals surface area contributed by atoms with Gasteiger partial charge in [-0.3, -0.25) is 0 Å². The van der Waals surface area contributed by atoms with E-state index in [0.29, 0.717) is 6.54 Å². The Bertz CT molecular complexity index is 498. The van der Waals surface area contributed by atoms with Crippen molar-refractivity contribution < 1.29 is 21.6 Å². The maximum absolute atomic E-state index is 11.9. The van der Waals surface area contributed by atoms with Crippen molar-refractivity contribution in [2.45, 2.75) is 24.4 Å². The molecule has 0 saturated carbocycles. The number of hydrogen-bond acceptors (Lipinski definition) is 3. The number of nitrogens with one attached hydrogen (secondary N) is 2. The summed E-state index contributed by atoms with van der Waals surface area (Å²) in [6.07, 6.45) is -5.57. The van der Waals surface area contributed by atoms with Gasteiger partial charge in [0.15, 0.2) is 0 Å². The third-order valence-electron chi connectivity index (χ3n) is 2.25. The van der Waals surface area contributed by atoms with Gasteiger partial charge in [-0.25, -0.2) is 13.1 Å². The molecular formula is C11H15F3N2O2S. The van der Waals surface area contributed by atoms with E-state index in [1.54, 1.807) is 12.1 Å². The fourth-order valence-electron chi connectivity index (χ4n) is 1.37. The molecule has 1 rings (SSSR count). The van der Waals surface area contributed by atoms with Gasteiger partial charge in [0, 0.05) is 18.8 Å². The molecule has 0 aromatic heterocycles. The lowest BCUT2D eigenvalue weighted by molar-refractivity contribution is -0.132. The molecule has 0 unspecified atom stereocenters. The molecule has 8 heteroatoms. The SMILES string of the molecule is CCNc1ccc(S(=O)(=O)NCCC(F)(F)F)cc1. The first-order valence-corrected chi connectivity index (χ1v) is 7.13. The van der Waals surface area contributed by atoms with Crippen LogP contribution in [0.2, 0.25) is 0 Å². The summed E-state index contributed by atoms with van der Waals surface area (Å²) in [6, 6.07) is 5.80. The van der Waals surface area contributed by atoms with Gasteiger partial charge in [-0.05, 0) is 31.2 Å². The fraction of sp³-hybridized carbons (Fsp3) is 0.455. The molecule has 0 aliphatic carbocycles. The number of rotatable bonds is 6. The van der Waals surface area contributed by atoms with Crippen LogP contribution in [0.5, 0.6) is 0 Å². The Morgan fingerprint density at radius 3 is 2.21 bits per heavy atom. The van der Waals surface area contributed by atoms with Gasteiger partial charge in [-0.2, -0.15) is 13.2 Å². The molecule has 2 N–H and O–H groups in total. The molecule has 0 aliphatic heterocycles. The number of alkyl halides is 3. The highest BCUT2D eigenvalue weighted by molar-refractivity contribution is 7.89. The number of benzene rings is 1. The summed E-state index contributed by atoms with van der Waals surface area (Å²) in [5, 5.41) is 2.99. The highest BCUT2D eigenvalue weighted by Gasteiger charge is 2.27. The Kier molecular flexibility index (Phi) is 5.19. The summed E-state index contributed by atoms with van der Waals surface area (Å²) < 4.78 is 61.1. The minimum absolute atomic E-state index is 0.0590. The van der Waals surface area contributed by atoms with Crippen molar-refractivity contribution in [2.75, 3.05) is 18.4 Å². The monoisotopic (exact) mass is 296 g/mol. The number of halogens is 3. The molecule has 1 aromatic rings. The summed E-state index contributed by atoms with van der Waals surface area (Å²) in [6.45, 7) is 1.92. The Labute approximate surface area is 110 Å². The summed E-state index contributed by atoms with van der Waals surface area (Å²) in [7, 11) is -3.89. The van der Waals surface area contributed by atoms with E-state index in [1.807, 2.05) is 11.6 Å². The van der Waals surface area contributed by atoms with Gasteiger partial charge in [0.2, 0.25) is 10.0 Å². The minimum Gasteiger partial charge on any atom is -0.385 e. The van der Waals surface area contributed by atoms with E-state index in [9.17, 15) is 21.6 Å². The number of anilines is 1. The van der Waals surface area contributed by atoms with Crippen LogP contribution < -0.4 is 10.0 Å². The minimum atomic E-state index is -4.38. The first-order chi connectivity index (χ1) is 8.74. The second-order valence-corrected chi connectivity index (χ2v) is 5.58. The van der Waals surface area contributed by atoms with Gasteiger partial charge >= 0.3 is 6.18 Å². The van der Waals surface area contributed by atoms with Crippen LogP contribution in [0.4, 0.5) is 18.9 Å². The van der Waals surface area contributed by atoms with Crippen molar-refractivity contribution in [1.82, 2.24) is 4.72 Å². The topological polar surface area (TPSA) is 58.2 Å². The molecule has 0 fully saturated rings. The molecule has 0 radical (unpaired) electrons. The van der Waals surface area contributed by atoms with Crippen LogP contribution in [0, 0.1) is 0 Å². The van der Waals surface area contributed by atoms with E-state index in [-0.39, 0.29) is 4.90 Å². The second kappa shape index (κ2) is 6.25.